The molecule has 1 unspecified atom stereocenters. The van der Waals surface area contributed by atoms with E-state index in [0.717, 1.165) is 32.0 Å². The second-order valence-electron chi connectivity index (χ2n) is 6.09. The SMILES string of the molecule is CSCC1CCN(CCc2ncc(-c3cccc([N+](=O)[O-])c3)o2)C1. The Morgan fingerprint density at radius 2 is 2.38 bits per heavy atom. The minimum atomic E-state index is -0.404. The number of nitrogens with zero attached hydrogens (tertiary/aromatic N) is 3. The van der Waals surface area contributed by atoms with Crippen LogP contribution in [0.15, 0.2) is 34.9 Å². The fraction of sp³-hybridized carbons (Fsp3) is 0.471. The third-order valence-electron chi connectivity index (χ3n) is 4.31. The molecule has 0 aliphatic carbocycles. The van der Waals surface area contributed by atoms with E-state index in [1.165, 1.54) is 24.3 Å². The molecule has 24 heavy (non-hydrogen) atoms. The van der Waals surface area contributed by atoms with Crippen LogP contribution in [-0.2, 0) is 6.42 Å². The van der Waals surface area contributed by atoms with Gasteiger partial charge in [-0.25, -0.2) is 4.98 Å². The first-order valence-electron chi connectivity index (χ1n) is 8.06. The van der Waals surface area contributed by atoms with Gasteiger partial charge in [-0.2, -0.15) is 11.8 Å². The number of nitro groups is 1. The predicted octanol–water partition coefficient (Wildman–Crippen LogP) is 3.48. The minimum Gasteiger partial charge on any atom is -0.441 e. The summed E-state index contributed by atoms with van der Waals surface area (Å²) < 4.78 is 5.77. The van der Waals surface area contributed by atoms with Crippen LogP contribution in [0.5, 0.6) is 0 Å². The molecule has 1 aromatic heterocycles. The Bertz CT molecular complexity index is 704. The maximum atomic E-state index is 10.9. The van der Waals surface area contributed by atoms with Crippen molar-refractivity contribution >= 4 is 17.4 Å². The molecular formula is C17H21N3O3S. The van der Waals surface area contributed by atoms with Gasteiger partial charge in [0.25, 0.3) is 5.69 Å². The molecular weight excluding hydrogens is 326 g/mol. The first kappa shape index (κ1) is 17.0. The van der Waals surface area contributed by atoms with Gasteiger partial charge < -0.3 is 9.32 Å². The molecule has 128 valence electrons. The second kappa shape index (κ2) is 7.81. The number of oxazole rings is 1. The van der Waals surface area contributed by atoms with Crippen molar-refractivity contribution in [3.63, 3.8) is 0 Å². The van der Waals surface area contributed by atoms with Crippen molar-refractivity contribution in [1.82, 2.24) is 9.88 Å². The fourth-order valence-electron chi connectivity index (χ4n) is 3.07. The van der Waals surface area contributed by atoms with Gasteiger partial charge in [0.2, 0.25) is 0 Å². The second-order valence-corrected chi connectivity index (χ2v) is 7.00. The topological polar surface area (TPSA) is 72.4 Å². The Hall–Kier alpha value is -1.86. The first-order chi connectivity index (χ1) is 11.7. The van der Waals surface area contributed by atoms with Crippen LogP contribution in [0.3, 0.4) is 0 Å². The Balaban J connectivity index is 1.58. The molecule has 0 saturated carbocycles. The maximum Gasteiger partial charge on any atom is 0.270 e. The van der Waals surface area contributed by atoms with Gasteiger partial charge in [0.05, 0.1) is 11.1 Å². The molecule has 0 radical (unpaired) electrons. The number of likely N-dealkylation sites (tertiary alicyclic amines) is 1. The summed E-state index contributed by atoms with van der Waals surface area (Å²) in [5.41, 5.74) is 0.742. The van der Waals surface area contributed by atoms with Crippen molar-refractivity contribution in [2.75, 3.05) is 31.6 Å². The zero-order chi connectivity index (χ0) is 16.9. The van der Waals surface area contributed by atoms with Crippen LogP contribution in [-0.4, -0.2) is 46.5 Å². The third kappa shape index (κ3) is 4.15. The van der Waals surface area contributed by atoms with Crippen molar-refractivity contribution in [2.24, 2.45) is 5.92 Å². The summed E-state index contributed by atoms with van der Waals surface area (Å²) in [5.74, 6) is 3.29. The quantitative estimate of drug-likeness (QED) is 0.564. The van der Waals surface area contributed by atoms with E-state index in [-0.39, 0.29) is 5.69 Å². The van der Waals surface area contributed by atoms with Gasteiger partial charge in [0.1, 0.15) is 0 Å². The third-order valence-corrected chi connectivity index (χ3v) is 5.11. The summed E-state index contributed by atoms with van der Waals surface area (Å²) in [5, 5.41) is 10.9. The van der Waals surface area contributed by atoms with E-state index in [1.807, 2.05) is 11.8 Å². The number of benzene rings is 1. The van der Waals surface area contributed by atoms with Gasteiger partial charge in [-0.05, 0) is 30.9 Å². The van der Waals surface area contributed by atoms with Gasteiger partial charge in [0.15, 0.2) is 11.7 Å². The molecule has 1 atom stereocenters. The Morgan fingerprint density at radius 1 is 1.50 bits per heavy atom. The summed E-state index contributed by atoms with van der Waals surface area (Å²) in [4.78, 5) is 17.2. The van der Waals surface area contributed by atoms with Gasteiger partial charge in [-0.3, -0.25) is 10.1 Å². The Labute approximate surface area is 145 Å². The van der Waals surface area contributed by atoms with Crippen molar-refractivity contribution < 1.29 is 9.34 Å². The van der Waals surface area contributed by atoms with Crippen molar-refractivity contribution in [1.29, 1.82) is 0 Å². The van der Waals surface area contributed by atoms with Crippen LogP contribution < -0.4 is 0 Å². The number of rotatable bonds is 7. The normalized spacial score (nSPS) is 18.1. The van der Waals surface area contributed by atoms with Crippen LogP contribution in [0, 0.1) is 16.0 Å². The lowest BCUT2D eigenvalue weighted by atomic mass is 10.2. The van der Waals surface area contributed by atoms with E-state index in [0.29, 0.717) is 17.2 Å². The highest BCUT2D eigenvalue weighted by Crippen LogP contribution is 2.25. The molecule has 1 aromatic carbocycles. The summed E-state index contributed by atoms with van der Waals surface area (Å²) in [6, 6.07) is 6.44. The Kier molecular flexibility index (Phi) is 5.52. The molecule has 1 fully saturated rings. The highest BCUT2D eigenvalue weighted by molar-refractivity contribution is 7.98. The summed E-state index contributed by atoms with van der Waals surface area (Å²) in [7, 11) is 0. The average Bonchev–Trinajstić information content (AvgIpc) is 3.23. The largest absolute Gasteiger partial charge is 0.441 e. The van der Waals surface area contributed by atoms with Gasteiger partial charge in [0, 0.05) is 37.2 Å². The fourth-order valence-corrected chi connectivity index (χ4v) is 3.82. The van der Waals surface area contributed by atoms with Crippen LogP contribution >= 0.6 is 11.8 Å². The zero-order valence-corrected chi connectivity index (χ0v) is 14.5. The number of aromatic nitrogens is 1. The molecule has 1 saturated heterocycles. The molecule has 1 aliphatic rings. The first-order valence-corrected chi connectivity index (χ1v) is 9.46. The summed E-state index contributed by atoms with van der Waals surface area (Å²) in [6.07, 6.45) is 5.84. The molecule has 7 heteroatoms. The number of hydrogen-bond acceptors (Lipinski definition) is 6. The van der Waals surface area contributed by atoms with Crippen LogP contribution in [0.2, 0.25) is 0 Å². The summed E-state index contributed by atoms with van der Waals surface area (Å²) in [6.45, 7) is 3.24. The molecule has 2 heterocycles. The number of non-ortho nitro benzene ring substituents is 1. The van der Waals surface area contributed by atoms with Crippen molar-refractivity contribution in [3.05, 3.63) is 46.5 Å². The standard InChI is InChI=1S/C17H21N3O3S/c1-24-12-13-5-7-19(11-13)8-6-17-18-10-16(23-17)14-3-2-4-15(9-14)20(21)22/h2-4,9-10,13H,5-8,11-12H2,1H3. The molecule has 1 aliphatic heterocycles. The van der Waals surface area contributed by atoms with Crippen LogP contribution in [0.1, 0.15) is 12.3 Å². The van der Waals surface area contributed by atoms with Gasteiger partial charge >= 0.3 is 0 Å². The lowest BCUT2D eigenvalue weighted by Crippen LogP contribution is -2.23. The van der Waals surface area contributed by atoms with Gasteiger partial charge in [-0.1, -0.05) is 12.1 Å². The number of nitro benzene ring substituents is 1. The lowest BCUT2D eigenvalue weighted by molar-refractivity contribution is -0.384. The van der Waals surface area contributed by atoms with Crippen LogP contribution in [0.25, 0.3) is 11.3 Å². The van der Waals surface area contributed by atoms with E-state index < -0.39 is 4.92 Å². The highest BCUT2D eigenvalue weighted by Gasteiger charge is 2.22. The smallest absolute Gasteiger partial charge is 0.270 e. The van der Waals surface area contributed by atoms with E-state index in [4.69, 9.17) is 4.42 Å². The van der Waals surface area contributed by atoms with Crippen LogP contribution in [0.4, 0.5) is 5.69 Å². The highest BCUT2D eigenvalue weighted by atomic mass is 32.2. The summed E-state index contributed by atoms with van der Waals surface area (Å²) >= 11 is 1.91. The van der Waals surface area contributed by atoms with E-state index in [2.05, 4.69) is 16.1 Å². The zero-order valence-electron chi connectivity index (χ0n) is 13.7. The maximum absolute atomic E-state index is 10.9. The van der Waals surface area contributed by atoms with Crippen molar-refractivity contribution in [2.45, 2.75) is 12.8 Å². The molecule has 2 aromatic rings. The van der Waals surface area contributed by atoms with E-state index in [1.54, 1.807) is 18.3 Å². The molecule has 3 rings (SSSR count). The Morgan fingerprint density at radius 3 is 3.17 bits per heavy atom. The molecule has 0 bridgehead atoms. The van der Waals surface area contributed by atoms with E-state index >= 15 is 0 Å². The van der Waals surface area contributed by atoms with E-state index in [9.17, 15) is 10.1 Å². The predicted molar refractivity (Wildman–Crippen MR) is 95.2 cm³/mol. The average molecular weight is 347 g/mol. The number of hydrogen-bond donors (Lipinski definition) is 0. The molecule has 0 N–H and O–H groups in total. The lowest BCUT2D eigenvalue weighted by Gasteiger charge is -2.14. The molecule has 6 nitrogen and oxygen atoms in total. The van der Waals surface area contributed by atoms with Gasteiger partial charge in [-0.15, -0.1) is 0 Å². The number of thioether (sulfide) groups is 1. The van der Waals surface area contributed by atoms with Crippen molar-refractivity contribution in [3.8, 4) is 11.3 Å². The monoisotopic (exact) mass is 347 g/mol. The molecule has 0 amide bonds. The molecule has 0 spiro atoms. The minimum absolute atomic E-state index is 0.0577.